The van der Waals surface area contributed by atoms with E-state index < -0.39 is 0 Å². The van der Waals surface area contributed by atoms with Gasteiger partial charge in [-0.1, -0.05) is 54.2 Å². The average Bonchev–Trinajstić information content (AvgIpc) is 3.15. The maximum atomic E-state index is 12.2. The SMILES string of the molecule is N#CCSc1ccccc1NC(=O)CSc1n[nH]c(-c2ccccc2)n1. The molecule has 1 amide bonds. The van der Waals surface area contributed by atoms with E-state index in [9.17, 15) is 4.79 Å². The van der Waals surface area contributed by atoms with Gasteiger partial charge in [0.2, 0.25) is 11.1 Å². The van der Waals surface area contributed by atoms with Gasteiger partial charge >= 0.3 is 0 Å². The number of anilines is 1. The Morgan fingerprint density at radius 2 is 1.88 bits per heavy atom. The lowest BCUT2D eigenvalue weighted by Crippen LogP contribution is -2.14. The van der Waals surface area contributed by atoms with Crippen LogP contribution in [-0.4, -0.2) is 32.6 Å². The number of nitrogens with one attached hydrogen (secondary N) is 2. The Morgan fingerprint density at radius 1 is 1.12 bits per heavy atom. The van der Waals surface area contributed by atoms with E-state index in [2.05, 4.69) is 26.6 Å². The molecule has 0 saturated heterocycles. The van der Waals surface area contributed by atoms with E-state index in [1.165, 1.54) is 23.5 Å². The van der Waals surface area contributed by atoms with Crippen molar-refractivity contribution in [2.75, 3.05) is 16.8 Å². The highest BCUT2D eigenvalue weighted by atomic mass is 32.2. The van der Waals surface area contributed by atoms with E-state index in [4.69, 9.17) is 5.26 Å². The summed E-state index contributed by atoms with van der Waals surface area (Å²) in [5, 5.41) is 19.1. The highest BCUT2D eigenvalue weighted by molar-refractivity contribution is 8.00. The molecule has 0 saturated carbocycles. The van der Waals surface area contributed by atoms with Crippen molar-refractivity contribution in [2.24, 2.45) is 0 Å². The van der Waals surface area contributed by atoms with Gasteiger partial charge in [0.05, 0.1) is 23.3 Å². The lowest BCUT2D eigenvalue weighted by atomic mass is 10.2. The third-order valence-corrected chi connectivity index (χ3v) is 5.09. The van der Waals surface area contributed by atoms with Crippen LogP contribution < -0.4 is 5.32 Å². The van der Waals surface area contributed by atoms with Crippen molar-refractivity contribution in [3.8, 4) is 17.5 Å². The van der Waals surface area contributed by atoms with E-state index in [0.717, 1.165) is 10.5 Å². The fourth-order valence-corrected chi connectivity index (χ4v) is 3.43. The zero-order chi connectivity index (χ0) is 18.2. The van der Waals surface area contributed by atoms with E-state index in [0.29, 0.717) is 22.4 Å². The molecule has 3 aromatic rings. The average molecular weight is 381 g/mol. The molecular formula is C18H15N5OS2. The number of amides is 1. The van der Waals surface area contributed by atoms with Gasteiger partial charge in [0.25, 0.3) is 0 Å². The Balaban J connectivity index is 1.57. The molecule has 2 N–H and O–H groups in total. The molecule has 0 fully saturated rings. The van der Waals surface area contributed by atoms with Crippen LogP contribution in [0.4, 0.5) is 5.69 Å². The number of benzene rings is 2. The number of nitrogens with zero attached hydrogens (tertiary/aromatic N) is 3. The van der Waals surface area contributed by atoms with E-state index in [1.807, 2.05) is 54.6 Å². The molecule has 0 radical (unpaired) electrons. The second kappa shape index (κ2) is 9.08. The molecule has 0 aliphatic carbocycles. The number of aromatic amines is 1. The van der Waals surface area contributed by atoms with Gasteiger partial charge in [0, 0.05) is 10.5 Å². The Morgan fingerprint density at radius 3 is 2.69 bits per heavy atom. The van der Waals surface area contributed by atoms with Crippen molar-refractivity contribution in [2.45, 2.75) is 10.1 Å². The van der Waals surface area contributed by atoms with Gasteiger partial charge in [-0.25, -0.2) is 4.98 Å². The summed E-state index contributed by atoms with van der Waals surface area (Å²) >= 11 is 2.65. The summed E-state index contributed by atoms with van der Waals surface area (Å²) in [7, 11) is 0. The summed E-state index contributed by atoms with van der Waals surface area (Å²) < 4.78 is 0. The van der Waals surface area contributed by atoms with Crippen LogP contribution in [0.3, 0.4) is 0 Å². The predicted octanol–water partition coefficient (Wildman–Crippen LogP) is 3.82. The molecule has 3 rings (SSSR count). The van der Waals surface area contributed by atoms with Gasteiger partial charge < -0.3 is 5.32 Å². The standard InChI is InChI=1S/C18H15N5OS2/c19-10-11-25-15-9-5-4-8-14(15)20-16(24)12-26-18-21-17(22-23-18)13-6-2-1-3-7-13/h1-9H,11-12H2,(H,20,24)(H,21,22,23). The minimum atomic E-state index is -0.147. The normalized spacial score (nSPS) is 10.3. The highest BCUT2D eigenvalue weighted by Gasteiger charge is 2.11. The third kappa shape index (κ3) is 4.88. The van der Waals surface area contributed by atoms with Gasteiger partial charge in [-0.3, -0.25) is 9.89 Å². The molecule has 0 bridgehead atoms. The first kappa shape index (κ1) is 18.0. The second-order valence-corrected chi connectivity index (χ2v) is 7.07. The molecule has 1 aromatic heterocycles. The second-order valence-electron chi connectivity index (χ2n) is 5.11. The molecule has 0 spiro atoms. The Kier molecular flexibility index (Phi) is 6.30. The van der Waals surface area contributed by atoms with Crippen molar-refractivity contribution in [3.05, 3.63) is 54.6 Å². The van der Waals surface area contributed by atoms with Crippen LogP contribution in [0.2, 0.25) is 0 Å². The molecule has 130 valence electrons. The topological polar surface area (TPSA) is 94.5 Å². The molecule has 0 aliphatic rings. The van der Waals surface area contributed by atoms with Crippen molar-refractivity contribution in [3.63, 3.8) is 0 Å². The largest absolute Gasteiger partial charge is 0.324 e. The summed E-state index contributed by atoms with van der Waals surface area (Å²) in [6.07, 6.45) is 0. The summed E-state index contributed by atoms with van der Waals surface area (Å²) in [5.41, 5.74) is 1.65. The van der Waals surface area contributed by atoms with E-state index in [-0.39, 0.29) is 11.7 Å². The molecular weight excluding hydrogens is 366 g/mol. The lowest BCUT2D eigenvalue weighted by Gasteiger charge is -2.08. The van der Waals surface area contributed by atoms with Gasteiger partial charge in [0.15, 0.2) is 5.82 Å². The number of H-pyrrole nitrogens is 1. The number of nitriles is 1. The Bertz CT molecular complexity index is 921. The first-order valence-corrected chi connectivity index (χ1v) is 9.72. The van der Waals surface area contributed by atoms with E-state index in [1.54, 1.807) is 0 Å². The Labute approximate surface area is 159 Å². The van der Waals surface area contributed by atoms with Crippen LogP contribution in [0, 0.1) is 11.3 Å². The fourth-order valence-electron chi connectivity index (χ4n) is 2.16. The predicted molar refractivity (Wildman–Crippen MR) is 104 cm³/mol. The van der Waals surface area contributed by atoms with Gasteiger partial charge in [-0.2, -0.15) is 5.26 Å². The fraction of sp³-hybridized carbons (Fsp3) is 0.111. The van der Waals surface area contributed by atoms with Crippen LogP contribution in [0.15, 0.2) is 64.6 Å². The summed E-state index contributed by atoms with van der Waals surface area (Å²) in [5.74, 6) is 1.06. The van der Waals surface area contributed by atoms with Crippen molar-refractivity contribution < 1.29 is 4.79 Å². The molecule has 0 unspecified atom stereocenters. The molecule has 0 aliphatic heterocycles. The van der Waals surface area contributed by atoms with Gasteiger partial charge in [0.1, 0.15) is 0 Å². The number of para-hydroxylation sites is 1. The zero-order valence-corrected chi connectivity index (χ0v) is 15.3. The minimum Gasteiger partial charge on any atom is -0.324 e. The first-order chi connectivity index (χ1) is 12.8. The van der Waals surface area contributed by atoms with Crippen LogP contribution in [0.1, 0.15) is 0 Å². The monoisotopic (exact) mass is 381 g/mol. The smallest absolute Gasteiger partial charge is 0.234 e. The first-order valence-electron chi connectivity index (χ1n) is 7.75. The lowest BCUT2D eigenvalue weighted by molar-refractivity contribution is -0.113. The van der Waals surface area contributed by atoms with Crippen molar-refractivity contribution in [1.82, 2.24) is 15.2 Å². The quantitative estimate of drug-likeness (QED) is 0.604. The van der Waals surface area contributed by atoms with Gasteiger partial charge in [-0.15, -0.1) is 16.9 Å². The van der Waals surface area contributed by atoms with E-state index >= 15 is 0 Å². The number of hydrogen-bond donors (Lipinski definition) is 2. The molecule has 2 aromatic carbocycles. The number of hydrogen-bond acceptors (Lipinski definition) is 6. The molecule has 0 atom stereocenters. The van der Waals surface area contributed by atoms with Crippen molar-refractivity contribution in [1.29, 1.82) is 5.26 Å². The van der Waals surface area contributed by atoms with Crippen LogP contribution in [0.25, 0.3) is 11.4 Å². The highest BCUT2D eigenvalue weighted by Crippen LogP contribution is 2.27. The van der Waals surface area contributed by atoms with Crippen molar-refractivity contribution >= 4 is 35.1 Å². The maximum Gasteiger partial charge on any atom is 0.234 e. The number of rotatable bonds is 7. The molecule has 1 heterocycles. The van der Waals surface area contributed by atoms with Crippen LogP contribution >= 0.6 is 23.5 Å². The third-order valence-electron chi connectivity index (χ3n) is 3.30. The van der Waals surface area contributed by atoms with Crippen LogP contribution in [-0.2, 0) is 4.79 Å². The molecule has 8 heteroatoms. The number of aromatic nitrogens is 3. The number of carbonyl (C=O) groups is 1. The number of thioether (sulfide) groups is 2. The summed E-state index contributed by atoms with van der Waals surface area (Å²) in [4.78, 5) is 17.5. The number of carbonyl (C=O) groups excluding carboxylic acids is 1. The summed E-state index contributed by atoms with van der Waals surface area (Å²) in [6, 6.07) is 19.2. The Hall–Kier alpha value is -2.76. The summed E-state index contributed by atoms with van der Waals surface area (Å²) in [6.45, 7) is 0. The molecule has 26 heavy (non-hydrogen) atoms. The minimum absolute atomic E-state index is 0.147. The van der Waals surface area contributed by atoms with Crippen LogP contribution in [0.5, 0.6) is 0 Å². The maximum absolute atomic E-state index is 12.2. The molecule has 6 nitrogen and oxygen atoms in total. The zero-order valence-electron chi connectivity index (χ0n) is 13.7. The van der Waals surface area contributed by atoms with Gasteiger partial charge in [-0.05, 0) is 12.1 Å².